The summed E-state index contributed by atoms with van der Waals surface area (Å²) in [5.74, 6) is -3.72. The summed E-state index contributed by atoms with van der Waals surface area (Å²) in [6, 6.07) is 5.98. The average molecular weight is 335 g/mol. The van der Waals surface area contributed by atoms with Crippen molar-refractivity contribution in [3.63, 3.8) is 0 Å². The van der Waals surface area contributed by atoms with Gasteiger partial charge in [-0.15, -0.1) is 0 Å². The Morgan fingerprint density at radius 2 is 1.79 bits per heavy atom. The number of Topliss-reactive ketones (excluding diaryl/α,β-unsaturated/α-hetero) is 1. The molecule has 0 aliphatic rings. The highest BCUT2D eigenvalue weighted by Gasteiger charge is 2.24. The van der Waals surface area contributed by atoms with E-state index in [0.29, 0.717) is 18.4 Å². The molecule has 0 fully saturated rings. The van der Waals surface area contributed by atoms with Crippen LogP contribution in [0.3, 0.4) is 0 Å². The van der Waals surface area contributed by atoms with Crippen molar-refractivity contribution in [2.45, 2.75) is 31.8 Å². The van der Waals surface area contributed by atoms with E-state index < -0.39 is 42.2 Å². The van der Waals surface area contributed by atoms with E-state index in [0.717, 1.165) is 0 Å². The third-order valence-electron chi connectivity index (χ3n) is 3.25. The van der Waals surface area contributed by atoms with Gasteiger partial charge < -0.3 is 21.5 Å². The highest BCUT2D eigenvalue weighted by atomic mass is 16.4. The van der Waals surface area contributed by atoms with Crippen molar-refractivity contribution in [2.24, 2.45) is 5.73 Å². The zero-order valence-corrected chi connectivity index (χ0v) is 13.3. The van der Waals surface area contributed by atoms with Crippen LogP contribution in [0.4, 0.5) is 0 Å². The first-order valence-corrected chi connectivity index (χ1v) is 7.51. The van der Waals surface area contributed by atoms with Crippen LogP contribution in [-0.4, -0.2) is 41.3 Å². The number of benzene rings is 1. The summed E-state index contributed by atoms with van der Waals surface area (Å²) in [7, 11) is 0. The van der Waals surface area contributed by atoms with Crippen molar-refractivity contribution in [3.8, 4) is 0 Å². The minimum atomic E-state index is -1.24. The molecule has 1 aromatic rings. The molecule has 2 atom stereocenters. The van der Waals surface area contributed by atoms with Crippen LogP contribution < -0.4 is 16.4 Å². The number of carbonyl (C=O) groups excluding carboxylic acids is 3. The molecule has 5 N–H and O–H groups in total. The quantitative estimate of drug-likeness (QED) is 0.459. The zero-order chi connectivity index (χ0) is 18.1. The standard InChI is InChI=1S/C16H21N3O5/c1-2-6-11(17)14(21)15(22)18-9-12(20)19-13(16(23)24)10-7-4-3-5-8-10/h3-5,7-8,11,13H,2,6,9,17H2,1H3,(H,18,22)(H,19,20)(H,23,24)/t11?,13-/m0/s1. The van der Waals surface area contributed by atoms with Crippen LogP contribution in [0.5, 0.6) is 0 Å². The number of carboxylic acid groups (broad SMARTS) is 1. The Bertz CT molecular complexity index is 603. The highest BCUT2D eigenvalue weighted by molar-refractivity contribution is 6.38. The number of aliphatic carboxylic acids is 1. The lowest BCUT2D eigenvalue weighted by Crippen LogP contribution is -2.46. The van der Waals surface area contributed by atoms with E-state index in [1.807, 2.05) is 6.92 Å². The maximum atomic E-state index is 11.8. The summed E-state index contributed by atoms with van der Waals surface area (Å²) in [6.45, 7) is 1.31. The lowest BCUT2D eigenvalue weighted by Gasteiger charge is -2.15. The van der Waals surface area contributed by atoms with Crippen molar-refractivity contribution in [2.75, 3.05) is 6.54 Å². The molecule has 0 saturated heterocycles. The van der Waals surface area contributed by atoms with Crippen LogP contribution in [-0.2, 0) is 19.2 Å². The van der Waals surface area contributed by atoms with Gasteiger partial charge in [-0.2, -0.15) is 0 Å². The molecule has 0 aliphatic heterocycles. The van der Waals surface area contributed by atoms with E-state index in [1.165, 1.54) is 0 Å². The lowest BCUT2D eigenvalue weighted by atomic mass is 10.1. The molecule has 8 nitrogen and oxygen atoms in total. The van der Waals surface area contributed by atoms with Crippen LogP contribution in [0, 0.1) is 0 Å². The van der Waals surface area contributed by atoms with Crippen molar-refractivity contribution >= 4 is 23.6 Å². The Kier molecular flexibility index (Phi) is 7.57. The molecule has 1 rings (SSSR count). The van der Waals surface area contributed by atoms with Crippen LogP contribution in [0.2, 0.25) is 0 Å². The third kappa shape index (κ3) is 5.81. The Hall–Kier alpha value is -2.74. The molecule has 1 unspecified atom stereocenters. The van der Waals surface area contributed by atoms with E-state index in [-0.39, 0.29) is 0 Å². The fraction of sp³-hybridized carbons (Fsp3) is 0.375. The molecule has 0 heterocycles. The normalized spacial score (nSPS) is 12.8. The van der Waals surface area contributed by atoms with Crippen LogP contribution in [0.25, 0.3) is 0 Å². The number of nitrogens with one attached hydrogen (secondary N) is 2. The average Bonchev–Trinajstić information content (AvgIpc) is 2.57. The number of nitrogens with two attached hydrogens (primary N) is 1. The number of ketones is 1. The van der Waals surface area contributed by atoms with Gasteiger partial charge in [-0.1, -0.05) is 43.7 Å². The Balaban J connectivity index is 2.57. The molecule has 1 aromatic carbocycles. The highest BCUT2D eigenvalue weighted by Crippen LogP contribution is 2.12. The van der Waals surface area contributed by atoms with Gasteiger partial charge in [0.2, 0.25) is 11.7 Å². The number of carbonyl (C=O) groups is 4. The van der Waals surface area contributed by atoms with Crippen molar-refractivity contribution in [1.82, 2.24) is 10.6 Å². The van der Waals surface area contributed by atoms with Gasteiger partial charge in [0.1, 0.15) is 0 Å². The van der Waals surface area contributed by atoms with Crippen LogP contribution >= 0.6 is 0 Å². The molecule has 8 heteroatoms. The number of hydrogen-bond acceptors (Lipinski definition) is 5. The van der Waals surface area contributed by atoms with Crippen molar-refractivity contribution in [3.05, 3.63) is 35.9 Å². The largest absolute Gasteiger partial charge is 0.479 e. The van der Waals surface area contributed by atoms with Gasteiger partial charge in [0.05, 0.1) is 12.6 Å². The van der Waals surface area contributed by atoms with Gasteiger partial charge in [-0.05, 0) is 12.0 Å². The molecule has 0 bridgehead atoms. The van der Waals surface area contributed by atoms with Gasteiger partial charge >= 0.3 is 5.97 Å². The summed E-state index contributed by atoms with van der Waals surface area (Å²) < 4.78 is 0. The third-order valence-corrected chi connectivity index (χ3v) is 3.25. The number of carboxylic acids is 1. The summed E-state index contributed by atoms with van der Waals surface area (Å²) in [5, 5.41) is 13.6. The Morgan fingerprint density at radius 1 is 1.17 bits per heavy atom. The fourth-order valence-corrected chi connectivity index (χ4v) is 2.00. The Labute approximate surface area is 139 Å². The number of amides is 2. The molecular weight excluding hydrogens is 314 g/mol. The smallest absolute Gasteiger partial charge is 0.330 e. The van der Waals surface area contributed by atoms with Gasteiger partial charge in [0.25, 0.3) is 5.91 Å². The van der Waals surface area contributed by atoms with E-state index >= 15 is 0 Å². The second kappa shape index (κ2) is 9.41. The maximum Gasteiger partial charge on any atom is 0.330 e. The summed E-state index contributed by atoms with van der Waals surface area (Å²) >= 11 is 0. The lowest BCUT2D eigenvalue weighted by molar-refractivity contribution is -0.142. The first-order valence-electron chi connectivity index (χ1n) is 7.51. The van der Waals surface area contributed by atoms with Gasteiger partial charge in [0.15, 0.2) is 6.04 Å². The minimum Gasteiger partial charge on any atom is -0.479 e. The molecule has 0 aromatic heterocycles. The molecule has 0 radical (unpaired) electrons. The fourth-order valence-electron chi connectivity index (χ4n) is 2.00. The molecule has 0 spiro atoms. The predicted octanol–water partition coefficient (Wildman–Crippen LogP) is -0.259. The van der Waals surface area contributed by atoms with Gasteiger partial charge in [0, 0.05) is 0 Å². The number of hydrogen-bond donors (Lipinski definition) is 4. The van der Waals surface area contributed by atoms with Crippen LogP contribution in [0.1, 0.15) is 31.4 Å². The number of rotatable bonds is 9. The second-order valence-electron chi connectivity index (χ2n) is 5.19. The summed E-state index contributed by atoms with van der Waals surface area (Å²) in [6.07, 6.45) is 1.02. The molecule has 0 aliphatic carbocycles. The van der Waals surface area contributed by atoms with E-state index in [1.54, 1.807) is 30.3 Å². The first kappa shape index (κ1) is 19.3. The minimum absolute atomic E-state index is 0.369. The van der Waals surface area contributed by atoms with E-state index in [2.05, 4.69) is 10.6 Å². The zero-order valence-electron chi connectivity index (χ0n) is 13.3. The molecule has 0 saturated carbocycles. The predicted molar refractivity (Wildman–Crippen MR) is 85.9 cm³/mol. The van der Waals surface area contributed by atoms with Crippen LogP contribution in [0.15, 0.2) is 30.3 Å². The summed E-state index contributed by atoms with van der Waals surface area (Å²) in [4.78, 5) is 46.3. The molecule has 24 heavy (non-hydrogen) atoms. The van der Waals surface area contributed by atoms with Crippen molar-refractivity contribution < 1.29 is 24.3 Å². The second-order valence-corrected chi connectivity index (χ2v) is 5.19. The summed E-state index contributed by atoms with van der Waals surface area (Å²) in [5.41, 5.74) is 5.94. The first-order chi connectivity index (χ1) is 11.4. The molecule has 130 valence electrons. The van der Waals surface area contributed by atoms with Crippen molar-refractivity contribution in [1.29, 1.82) is 0 Å². The topological polar surface area (TPSA) is 139 Å². The monoisotopic (exact) mass is 335 g/mol. The Morgan fingerprint density at radius 3 is 2.33 bits per heavy atom. The maximum absolute atomic E-state index is 11.8. The van der Waals surface area contributed by atoms with E-state index in [9.17, 15) is 24.3 Å². The molecular formula is C16H21N3O5. The van der Waals surface area contributed by atoms with Gasteiger partial charge in [-0.3, -0.25) is 14.4 Å². The van der Waals surface area contributed by atoms with E-state index in [4.69, 9.17) is 5.73 Å². The SMILES string of the molecule is CCCC(N)C(=O)C(=O)NCC(=O)N[C@H](C(=O)O)c1ccccc1. The van der Waals surface area contributed by atoms with Gasteiger partial charge in [-0.25, -0.2) is 4.79 Å². The molecule has 2 amide bonds.